The van der Waals surface area contributed by atoms with Crippen LogP contribution in [-0.4, -0.2) is 25.0 Å². The molecule has 26 heavy (non-hydrogen) atoms. The Hall–Kier alpha value is -2.57. The molecule has 0 bridgehead atoms. The number of amides is 3. The van der Waals surface area contributed by atoms with Gasteiger partial charge in [0, 0.05) is 24.5 Å². The third-order valence-electron chi connectivity index (χ3n) is 4.22. The number of halogens is 1. The number of nitrogens with zero attached hydrogens (tertiary/aromatic N) is 1. The Balaban J connectivity index is 0.00000243. The molecule has 6 nitrogen and oxygen atoms in total. The van der Waals surface area contributed by atoms with Crippen molar-refractivity contribution in [1.82, 2.24) is 5.32 Å². The average molecular weight is 375 g/mol. The lowest BCUT2D eigenvalue weighted by Crippen LogP contribution is -2.46. The third-order valence-corrected chi connectivity index (χ3v) is 4.22. The van der Waals surface area contributed by atoms with Crippen LogP contribution < -0.4 is 21.3 Å². The first kappa shape index (κ1) is 19.8. The zero-order valence-corrected chi connectivity index (χ0v) is 15.4. The number of anilines is 2. The maximum Gasteiger partial charge on any atom is 0.321 e. The van der Waals surface area contributed by atoms with Crippen LogP contribution in [0.15, 0.2) is 48.5 Å². The van der Waals surface area contributed by atoms with Gasteiger partial charge in [-0.05, 0) is 37.1 Å². The normalized spacial score (nSPS) is 14.8. The molecular formula is C19H23ClN4O2. The van der Waals surface area contributed by atoms with Crippen molar-refractivity contribution in [3.05, 3.63) is 59.7 Å². The van der Waals surface area contributed by atoms with Crippen LogP contribution in [-0.2, 0) is 4.79 Å². The molecular weight excluding hydrogens is 352 g/mol. The monoisotopic (exact) mass is 374 g/mol. The summed E-state index contributed by atoms with van der Waals surface area (Å²) in [6.45, 7) is 3.33. The van der Waals surface area contributed by atoms with Crippen LogP contribution in [0.5, 0.6) is 0 Å². The number of urea groups is 1. The molecule has 0 spiro atoms. The molecule has 1 heterocycles. The van der Waals surface area contributed by atoms with E-state index in [1.165, 1.54) is 0 Å². The number of nitrogens with two attached hydrogens (primary N) is 1. The number of nitrogens with one attached hydrogen (secondary N) is 2. The first-order valence-corrected chi connectivity index (χ1v) is 8.33. The second-order valence-corrected chi connectivity index (χ2v) is 6.17. The lowest BCUT2D eigenvalue weighted by atomic mass is 10.1. The highest BCUT2D eigenvalue weighted by Gasteiger charge is 2.20. The molecule has 0 aliphatic carbocycles. The van der Waals surface area contributed by atoms with Crippen molar-refractivity contribution < 1.29 is 9.59 Å². The summed E-state index contributed by atoms with van der Waals surface area (Å²) in [5.74, 6) is -0.288. The highest BCUT2D eigenvalue weighted by Crippen LogP contribution is 2.22. The first-order chi connectivity index (χ1) is 12.0. The van der Waals surface area contributed by atoms with Crippen LogP contribution in [0, 0.1) is 6.92 Å². The summed E-state index contributed by atoms with van der Waals surface area (Å²) in [6.07, 6.45) is 0.890. The van der Waals surface area contributed by atoms with E-state index in [1.807, 2.05) is 43.3 Å². The van der Waals surface area contributed by atoms with E-state index in [4.69, 9.17) is 5.73 Å². The lowest BCUT2D eigenvalue weighted by Gasteiger charge is -2.27. The molecule has 0 radical (unpaired) electrons. The van der Waals surface area contributed by atoms with Gasteiger partial charge in [0.25, 0.3) is 0 Å². The molecule has 0 aromatic heterocycles. The number of carbonyl (C=O) groups excluding carboxylic acids is 2. The van der Waals surface area contributed by atoms with Crippen molar-refractivity contribution in [2.24, 2.45) is 5.73 Å². The quantitative estimate of drug-likeness (QED) is 0.768. The van der Waals surface area contributed by atoms with Crippen LogP contribution in [0.2, 0.25) is 0 Å². The van der Waals surface area contributed by atoms with E-state index in [1.54, 1.807) is 17.0 Å². The van der Waals surface area contributed by atoms with Gasteiger partial charge in [0.15, 0.2) is 0 Å². The topological polar surface area (TPSA) is 87.5 Å². The predicted molar refractivity (Wildman–Crippen MR) is 106 cm³/mol. The zero-order valence-electron chi connectivity index (χ0n) is 14.6. The Kier molecular flexibility index (Phi) is 6.60. The Morgan fingerprint density at radius 2 is 1.96 bits per heavy atom. The lowest BCUT2D eigenvalue weighted by molar-refractivity contribution is -0.117. The van der Waals surface area contributed by atoms with Crippen LogP contribution in [0.3, 0.4) is 0 Å². The number of hydrogen-bond donors (Lipinski definition) is 3. The molecule has 1 aliphatic heterocycles. The fraction of sp³-hybridized carbons (Fsp3) is 0.263. The minimum Gasteiger partial charge on any atom is -0.338 e. The Bertz CT molecular complexity index is 779. The summed E-state index contributed by atoms with van der Waals surface area (Å²) in [5, 5.41) is 5.64. The van der Waals surface area contributed by atoms with Gasteiger partial charge >= 0.3 is 6.03 Å². The predicted octanol–water partition coefficient (Wildman–Crippen LogP) is 2.98. The highest BCUT2D eigenvalue weighted by molar-refractivity contribution is 5.97. The van der Waals surface area contributed by atoms with Crippen molar-refractivity contribution in [3.63, 3.8) is 0 Å². The molecule has 7 heteroatoms. The van der Waals surface area contributed by atoms with E-state index in [0.29, 0.717) is 18.8 Å². The van der Waals surface area contributed by atoms with E-state index in [0.717, 1.165) is 23.2 Å². The van der Waals surface area contributed by atoms with Gasteiger partial charge in [0.05, 0.1) is 0 Å². The zero-order chi connectivity index (χ0) is 17.8. The summed E-state index contributed by atoms with van der Waals surface area (Å²) >= 11 is 0. The number of rotatable bonds is 4. The van der Waals surface area contributed by atoms with Gasteiger partial charge in [-0.2, -0.15) is 0 Å². The molecule has 3 rings (SSSR count). The molecule has 1 unspecified atom stereocenters. The van der Waals surface area contributed by atoms with E-state index in [-0.39, 0.29) is 24.3 Å². The second-order valence-electron chi connectivity index (χ2n) is 6.17. The smallest absolute Gasteiger partial charge is 0.321 e. The summed E-state index contributed by atoms with van der Waals surface area (Å²) in [7, 11) is 0. The van der Waals surface area contributed by atoms with Crippen LogP contribution >= 0.6 is 12.4 Å². The van der Waals surface area contributed by atoms with Crippen molar-refractivity contribution >= 4 is 35.7 Å². The van der Waals surface area contributed by atoms with Crippen molar-refractivity contribution in [1.29, 1.82) is 0 Å². The van der Waals surface area contributed by atoms with E-state index in [2.05, 4.69) is 10.6 Å². The molecule has 1 atom stereocenters. The molecule has 2 aromatic carbocycles. The number of carbonyl (C=O) groups is 2. The van der Waals surface area contributed by atoms with Gasteiger partial charge in [-0.3, -0.25) is 9.69 Å². The molecule has 0 saturated carbocycles. The van der Waals surface area contributed by atoms with E-state index < -0.39 is 6.04 Å². The van der Waals surface area contributed by atoms with Crippen molar-refractivity contribution in [3.8, 4) is 0 Å². The van der Waals surface area contributed by atoms with Crippen molar-refractivity contribution in [2.75, 3.05) is 23.3 Å². The third kappa shape index (κ3) is 4.53. The van der Waals surface area contributed by atoms with Gasteiger partial charge in [-0.15, -0.1) is 12.4 Å². The minimum absolute atomic E-state index is 0. The summed E-state index contributed by atoms with van der Waals surface area (Å²) in [4.78, 5) is 26.0. The molecule has 1 fully saturated rings. The molecule has 1 saturated heterocycles. The molecule has 2 aromatic rings. The minimum atomic E-state index is -0.748. The Morgan fingerprint density at radius 3 is 2.65 bits per heavy atom. The van der Waals surface area contributed by atoms with E-state index >= 15 is 0 Å². The summed E-state index contributed by atoms with van der Waals surface area (Å²) in [6, 6.07) is 13.9. The second kappa shape index (κ2) is 8.69. The number of benzene rings is 2. The van der Waals surface area contributed by atoms with Gasteiger partial charge in [-0.25, -0.2) is 4.79 Å². The standard InChI is InChI=1S/C19H22N4O2.ClH/c1-13-6-8-14(9-7-13)17(20)18(24)22-15-4-2-5-16(12-15)23-11-3-10-21-19(23)25;/h2,4-9,12,17H,3,10-11,20H2,1H3,(H,21,25)(H,22,24);1H. The summed E-state index contributed by atoms with van der Waals surface area (Å²) < 4.78 is 0. The maximum atomic E-state index is 12.4. The van der Waals surface area contributed by atoms with Crippen LogP contribution in [0.25, 0.3) is 0 Å². The number of aryl methyl sites for hydroxylation is 1. The highest BCUT2D eigenvalue weighted by atomic mass is 35.5. The Morgan fingerprint density at radius 1 is 1.23 bits per heavy atom. The molecule has 138 valence electrons. The summed E-state index contributed by atoms with van der Waals surface area (Å²) in [5.41, 5.74) is 9.29. The SMILES string of the molecule is Cc1ccc(C(N)C(=O)Nc2cccc(N3CCCNC3=O)c2)cc1.Cl. The molecule has 3 amide bonds. The molecule has 1 aliphatic rings. The van der Waals surface area contributed by atoms with Gasteiger partial charge in [-0.1, -0.05) is 35.9 Å². The fourth-order valence-corrected chi connectivity index (χ4v) is 2.77. The largest absolute Gasteiger partial charge is 0.338 e. The number of hydrogen-bond acceptors (Lipinski definition) is 3. The average Bonchev–Trinajstić information content (AvgIpc) is 2.62. The van der Waals surface area contributed by atoms with Crippen LogP contribution in [0.1, 0.15) is 23.6 Å². The maximum absolute atomic E-state index is 12.4. The van der Waals surface area contributed by atoms with Gasteiger partial charge in [0.1, 0.15) is 6.04 Å². The van der Waals surface area contributed by atoms with Crippen LogP contribution in [0.4, 0.5) is 16.2 Å². The molecule has 4 N–H and O–H groups in total. The Labute approximate surface area is 159 Å². The first-order valence-electron chi connectivity index (χ1n) is 8.33. The van der Waals surface area contributed by atoms with E-state index in [9.17, 15) is 9.59 Å². The van der Waals surface area contributed by atoms with Crippen molar-refractivity contribution in [2.45, 2.75) is 19.4 Å². The van der Waals surface area contributed by atoms with Gasteiger partial charge < -0.3 is 16.4 Å². The fourth-order valence-electron chi connectivity index (χ4n) is 2.77. The van der Waals surface area contributed by atoms with Gasteiger partial charge in [0.2, 0.25) is 5.91 Å².